The number of benzene rings is 1. The summed E-state index contributed by atoms with van der Waals surface area (Å²) in [5.74, 6) is 1.02. The Balaban J connectivity index is 0.000000882. The average molecular weight is 493 g/mol. The van der Waals surface area contributed by atoms with E-state index < -0.39 is 19.7 Å². The average Bonchev–Trinajstić information content (AvgIpc) is 3.13. The molecule has 0 radical (unpaired) electrons. The second-order valence-electron chi connectivity index (χ2n) is 4.98. The van der Waals surface area contributed by atoms with Crippen molar-refractivity contribution in [2.24, 2.45) is 0 Å². The third kappa shape index (κ3) is 2.94. The van der Waals surface area contributed by atoms with Crippen molar-refractivity contribution in [2.45, 2.75) is 11.4 Å². The van der Waals surface area contributed by atoms with Gasteiger partial charge in [0.15, 0.2) is 0 Å². The Morgan fingerprint density at radius 3 is 2.73 bits per heavy atom. The van der Waals surface area contributed by atoms with Crippen LogP contribution in [0.5, 0.6) is 0 Å². The van der Waals surface area contributed by atoms with Crippen molar-refractivity contribution in [3.8, 4) is 0 Å². The Morgan fingerprint density at radius 2 is 2.00 bits per heavy atom. The quantitative estimate of drug-likeness (QED) is 0.412. The number of hydrogen-bond acceptors (Lipinski definition) is 2. The van der Waals surface area contributed by atoms with Crippen molar-refractivity contribution in [1.29, 1.82) is 0 Å². The van der Waals surface area contributed by atoms with E-state index >= 15 is 0 Å². The summed E-state index contributed by atoms with van der Waals surface area (Å²) in [4.78, 5) is 0. The van der Waals surface area contributed by atoms with Gasteiger partial charge in [-0.05, 0) is 0 Å². The van der Waals surface area contributed by atoms with Gasteiger partial charge in [0, 0.05) is 0 Å². The van der Waals surface area contributed by atoms with Gasteiger partial charge in [-0.3, -0.25) is 0 Å². The van der Waals surface area contributed by atoms with Crippen LogP contribution in [0.3, 0.4) is 0 Å². The second kappa shape index (κ2) is 7.36. The number of ether oxygens (including phenoxy) is 1. The molecule has 0 fully saturated rings. The van der Waals surface area contributed by atoms with E-state index in [0.29, 0.717) is 0 Å². The van der Waals surface area contributed by atoms with E-state index in [9.17, 15) is 0 Å². The summed E-state index contributed by atoms with van der Waals surface area (Å²) in [6, 6.07) is 8.39. The molecule has 1 aromatic rings. The monoisotopic (exact) mass is 490 g/mol. The number of alkyl halides is 1. The van der Waals surface area contributed by atoms with E-state index in [1.54, 1.807) is 0 Å². The topological polar surface area (TPSA) is 9.23 Å². The first-order chi connectivity index (χ1) is 9.75. The van der Waals surface area contributed by atoms with Crippen LogP contribution < -0.4 is 35.3 Å². The van der Waals surface area contributed by atoms with Crippen molar-refractivity contribution in [3.05, 3.63) is 65.1 Å². The number of allylic oxidation sites excluding steroid dienone is 4. The second-order valence-corrected chi connectivity index (χ2v) is 12.7. The van der Waals surface area contributed by atoms with Crippen molar-refractivity contribution in [3.63, 3.8) is 0 Å². The number of halogens is 3. The molecule has 4 rings (SSSR count). The summed E-state index contributed by atoms with van der Waals surface area (Å²) in [7, 11) is 5.96. The minimum atomic E-state index is -2.17. The third-order valence-corrected chi connectivity index (χ3v) is 13.2. The summed E-state index contributed by atoms with van der Waals surface area (Å²) < 4.78 is 8.91. The number of rotatable bonds is 2. The van der Waals surface area contributed by atoms with Crippen LogP contribution in [0.1, 0.15) is 6.42 Å². The first-order valence-corrected chi connectivity index (χ1v) is 13.3. The SMILES string of the molecule is [Cl-].[Cl-].[S]=[Zr+2]([C]1=CC=CC1)[C]1=C2C=c3ccccc3=C2OC1Br. The summed E-state index contributed by atoms with van der Waals surface area (Å²) >= 11 is 1.51. The van der Waals surface area contributed by atoms with E-state index in [0.717, 1.165) is 12.2 Å². The zero-order valence-corrected chi connectivity index (χ0v) is 17.7. The molecular formula is C16H11BrCl2OSZr. The van der Waals surface area contributed by atoms with E-state index in [4.69, 9.17) is 13.6 Å². The predicted molar refractivity (Wildman–Crippen MR) is 83.8 cm³/mol. The molecule has 0 bridgehead atoms. The van der Waals surface area contributed by atoms with Gasteiger partial charge >= 0.3 is 138 Å². The third-order valence-electron chi connectivity index (χ3n) is 3.80. The maximum atomic E-state index is 6.07. The first kappa shape index (κ1) is 18.5. The Morgan fingerprint density at radius 1 is 1.23 bits per heavy atom. The van der Waals surface area contributed by atoms with Gasteiger partial charge in [0.05, 0.1) is 0 Å². The van der Waals surface area contributed by atoms with Crippen molar-refractivity contribution < 1.29 is 49.3 Å². The van der Waals surface area contributed by atoms with Gasteiger partial charge < -0.3 is 24.8 Å². The van der Waals surface area contributed by atoms with Crippen LogP contribution in [0.15, 0.2) is 54.6 Å². The molecule has 0 N–H and O–H groups in total. The fraction of sp³-hybridized carbons (Fsp3) is 0.125. The van der Waals surface area contributed by atoms with Crippen molar-refractivity contribution in [1.82, 2.24) is 0 Å². The van der Waals surface area contributed by atoms with E-state index in [-0.39, 0.29) is 29.8 Å². The van der Waals surface area contributed by atoms with E-state index in [2.05, 4.69) is 64.5 Å². The van der Waals surface area contributed by atoms with Crippen LogP contribution in [0.2, 0.25) is 0 Å². The van der Waals surface area contributed by atoms with Crippen LogP contribution in [0, 0.1) is 0 Å². The molecule has 0 saturated carbocycles. The van der Waals surface area contributed by atoms with Crippen LogP contribution in [-0.2, 0) is 24.4 Å². The standard InChI is InChI=1S/C11H6BrO.C5H5.2ClH.S.Zr/c12-10-6-8-5-7-3-1-2-4-9(7)11(8)13-10;1-2-4-5-3-1;;;;/h1-5,10H;1-3H,4H2;2*1H;;/q;;;;;+2/p-2. The molecule has 1 unspecified atom stereocenters. The zero-order chi connectivity index (χ0) is 13.7. The summed E-state index contributed by atoms with van der Waals surface area (Å²) in [5.41, 5.74) is 1.25. The van der Waals surface area contributed by atoms with Crippen LogP contribution in [0.25, 0.3) is 11.8 Å². The molecule has 22 heavy (non-hydrogen) atoms. The van der Waals surface area contributed by atoms with Gasteiger partial charge in [-0.25, -0.2) is 0 Å². The van der Waals surface area contributed by atoms with Gasteiger partial charge in [-0.15, -0.1) is 0 Å². The van der Waals surface area contributed by atoms with Crippen LogP contribution in [0.4, 0.5) is 0 Å². The molecule has 1 aliphatic heterocycles. The molecule has 0 spiro atoms. The van der Waals surface area contributed by atoms with Crippen molar-refractivity contribution in [2.75, 3.05) is 0 Å². The Bertz CT molecular complexity index is 857. The molecule has 1 atom stereocenters. The summed E-state index contributed by atoms with van der Waals surface area (Å²) in [6.07, 6.45) is 9.83. The molecule has 2 aliphatic carbocycles. The number of hydrogen-bond donors (Lipinski definition) is 0. The molecule has 112 valence electrons. The fourth-order valence-electron chi connectivity index (χ4n) is 2.82. The molecule has 6 heteroatoms. The van der Waals surface area contributed by atoms with Gasteiger partial charge in [-0.1, -0.05) is 0 Å². The fourth-order valence-corrected chi connectivity index (χ4v) is 11.6. The minimum absolute atomic E-state index is 0. The molecule has 1 nitrogen and oxygen atoms in total. The van der Waals surface area contributed by atoms with Gasteiger partial charge in [0.1, 0.15) is 0 Å². The van der Waals surface area contributed by atoms with Crippen LogP contribution >= 0.6 is 24.8 Å². The summed E-state index contributed by atoms with van der Waals surface area (Å²) in [5, 5.41) is 2.43. The van der Waals surface area contributed by atoms with E-state index in [1.165, 1.54) is 22.6 Å². The molecule has 0 aromatic heterocycles. The zero-order valence-electron chi connectivity index (χ0n) is 11.4. The molecule has 0 amide bonds. The van der Waals surface area contributed by atoms with Gasteiger partial charge in [0.2, 0.25) is 0 Å². The predicted octanol–water partition coefficient (Wildman–Crippen LogP) is -2.82. The normalized spacial score (nSPS) is 19.9. The number of fused-ring (bicyclic) bond motifs is 2. The van der Waals surface area contributed by atoms with Gasteiger partial charge in [0.25, 0.3) is 0 Å². The first-order valence-electron chi connectivity index (χ1n) is 6.52. The molecular weight excluding hydrogens is 482 g/mol. The summed E-state index contributed by atoms with van der Waals surface area (Å²) in [6.45, 7) is 0. The maximum absolute atomic E-state index is 6.07. The molecule has 1 aromatic carbocycles. The van der Waals surface area contributed by atoms with Crippen LogP contribution in [-0.4, -0.2) is 5.01 Å². The Hall–Kier alpha value is 0.143. The van der Waals surface area contributed by atoms with Crippen molar-refractivity contribution >= 4 is 36.6 Å². The molecule has 3 aliphatic rings. The molecule has 1 heterocycles. The van der Waals surface area contributed by atoms with Gasteiger partial charge in [-0.2, -0.15) is 0 Å². The Labute approximate surface area is 161 Å². The Kier molecular flexibility index (Phi) is 6.18. The molecule has 0 saturated heterocycles. The van der Waals surface area contributed by atoms with E-state index in [1.807, 2.05) is 0 Å².